The lowest BCUT2D eigenvalue weighted by Crippen LogP contribution is -2.25. The lowest BCUT2D eigenvalue weighted by atomic mass is 9.96. The molecule has 2 saturated carbocycles. The first-order chi connectivity index (χ1) is 9.63. The third-order valence-corrected chi connectivity index (χ3v) is 4.69. The standard InChI is InChI=1S/C9H10ClN3O.C5H10O/c10-7-5-3-9(1-2-9)14-4-6(5)8(11)13-12-7;1-6-5-3-2-4-5/h1-4H2,(H2,11,13);5H,2-4H2,1H3. The van der Waals surface area contributed by atoms with Gasteiger partial charge in [0.1, 0.15) is 0 Å². The molecular formula is C14H20ClN3O2. The molecule has 1 aromatic rings. The highest BCUT2D eigenvalue weighted by Crippen LogP contribution is 2.47. The van der Waals surface area contributed by atoms with Crippen molar-refractivity contribution in [3.63, 3.8) is 0 Å². The van der Waals surface area contributed by atoms with E-state index in [9.17, 15) is 0 Å². The van der Waals surface area contributed by atoms with E-state index in [0.717, 1.165) is 30.4 Å². The Hall–Kier alpha value is -0.910. The number of hydrogen-bond acceptors (Lipinski definition) is 5. The Morgan fingerprint density at radius 3 is 2.55 bits per heavy atom. The number of hydrogen-bond donors (Lipinski definition) is 1. The maximum atomic E-state index is 5.98. The largest absolute Gasteiger partial charge is 0.382 e. The molecule has 1 aliphatic heterocycles. The van der Waals surface area contributed by atoms with E-state index < -0.39 is 0 Å². The molecule has 2 heterocycles. The van der Waals surface area contributed by atoms with Crippen molar-refractivity contribution in [2.24, 2.45) is 0 Å². The Balaban J connectivity index is 0.000000170. The van der Waals surface area contributed by atoms with E-state index in [1.807, 2.05) is 0 Å². The van der Waals surface area contributed by atoms with Gasteiger partial charge in [-0.3, -0.25) is 0 Å². The van der Waals surface area contributed by atoms with E-state index in [2.05, 4.69) is 10.2 Å². The Bertz CT molecular complexity index is 499. The Morgan fingerprint density at radius 1 is 1.30 bits per heavy atom. The molecule has 0 unspecified atom stereocenters. The molecule has 0 atom stereocenters. The molecule has 3 aliphatic rings. The zero-order valence-electron chi connectivity index (χ0n) is 11.7. The van der Waals surface area contributed by atoms with Crippen molar-refractivity contribution in [2.75, 3.05) is 12.8 Å². The van der Waals surface area contributed by atoms with Crippen LogP contribution in [0.3, 0.4) is 0 Å². The van der Waals surface area contributed by atoms with Crippen molar-refractivity contribution in [1.29, 1.82) is 0 Å². The molecule has 20 heavy (non-hydrogen) atoms. The van der Waals surface area contributed by atoms with Crippen LogP contribution in [0.25, 0.3) is 0 Å². The molecule has 2 aliphatic carbocycles. The number of nitrogens with two attached hydrogens (primary N) is 1. The quantitative estimate of drug-likeness (QED) is 0.862. The lowest BCUT2D eigenvalue weighted by Gasteiger charge is -2.25. The summed E-state index contributed by atoms with van der Waals surface area (Å²) < 4.78 is 10.7. The molecule has 2 N–H and O–H groups in total. The van der Waals surface area contributed by atoms with Crippen LogP contribution in [0.5, 0.6) is 0 Å². The number of nitrogen functional groups attached to an aromatic ring is 1. The number of halogens is 1. The second kappa shape index (κ2) is 5.47. The van der Waals surface area contributed by atoms with Gasteiger partial charge in [-0.15, -0.1) is 10.2 Å². The molecule has 2 fully saturated rings. The third kappa shape index (κ3) is 2.75. The highest BCUT2D eigenvalue weighted by atomic mass is 35.5. The minimum absolute atomic E-state index is 0.0477. The first kappa shape index (κ1) is 14.0. The van der Waals surface area contributed by atoms with Crippen molar-refractivity contribution in [1.82, 2.24) is 10.2 Å². The van der Waals surface area contributed by atoms with Crippen molar-refractivity contribution in [3.8, 4) is 0 Å². The fourth-order valence-electron chi connectivity index (χ4n) is 2.50. The van der Waals surface area contributed by atoms with Gasteiger partial charge >= 0.3 is 0 Å². The average molecular weight is 298 g/mol. The fourth-order valence-corrected chi connectivity index (χ4v) is 2.72. The van der Waals surface area contributed by atoms with Crippen molar-refractivity contribution >= 4 is 17.4 Å². The Kier molecular flexibility index (Phi) is 3.84. The van der Waals surface area contributed by atoms with Crippen LogP contribution in [-0.2, 0) is 22.5 Å². The summed E-state index contributed by atoms with van der Waals surface area (Å²) in [5, 5.41) is 8.07. The van der Waals surface area contributed by atoms with Crippen LogP contribution < -0.4 is 5.73 Å². The number of rotatable bonds is 1. The molecule has 0 bridgehead atoms. The zero-order valence-corrected chi connectivity index (χ0v) is 12.4. The molecule has 1 spiro atoms. The molecule has 0 saturated heterocycles. The van der Waals surface area contributed by atoms with Crippen LogP contribution in [0, 0.1) is 0 Å². The van der Waals surface area contributed by atoms with Crippen LogP contribution in [-0.4, -0.2) is 29.0 Å². The van der Waals surface area contributed by atoms with Gasteiger partial charge in [0.25, 0.3) is 0 Å². The van der Waals surface area contributed by atoms with Crippen LogP contribution in [0.2, 0.25) is 5.15 Å². The lowest BCUT2D eigenvalue weighted by molar-refractivity contribution is 0.00822. The second-order valence-corrected chi connectivity index (χ2v) is 6.13. The summed E-state index contributed by atoms with van der Waals surface area (Å²) in [6.45, 7) is 0.524. The molecular weight excluding hydrogens is 278 g/mol. The van der Waals surface area contributed by atoms with E-state index in [0.29, 0.717) is 23.7 Å². The predicted molar refractivity (Wildman–Crippen MR) is 76.6 cm³/mol. The second-order valence-electron chi connectivity index (χ2n) is 5.77. The minimum Gasteiger partial charge on any atom is -0.382 e. The summed E-state index contributed by atoms with van der Waals surface area (Å²) >= 11 is 5.98. The number of anilines is 1. The number of ether oxygens (including phenoxy) is 2. The number of nitrogens with zero attached hydrogens (tertiary/aromatic N) is 2. The van der Waals surface area contributed by atoms with Crippen LogP contribution >= 0.6 is 11.6 Å². The van der Waals surface area contributed by atoms with Crippen LogP contribution in [0.15, 0.2) is 0 Å². The minimum atomic E-state index is 0.0477. The van der Waals surface area contributed by atoms with Crippen LogP contribution in [0.1, 0.15) is 43.2 Å². The molecule has 4 rings (SSSR count). The maximum absolute atomic E-state index is 5.98. The zero-order chi connectivity index (χ0) is 14.2. The third-order valence-electron chi connectivity index (χ3n) is 4.38. The van der Waals surface area contributed by atoms with Gasteiger partial charge in [-0.25, -0.2) is 0 Å². The van der Waals surface area contributed by atoms with E-state index in [-0.39, 0.29) is 5.60 Å². The van der Waals surface area contributed by atoms with Crippen molar-refractivity contribution in [3.05, 3.63) is 16.3 Å². The van der Waals surface area contributed by atoms with E-state index in [1.165, 1.54) is 19.3 Å². The highest BCUT2D eigenvalue weighted by molar-refractivity contribution is 6.30. The fraction of sp³-hybridized carbons (Fsp3) is 0.714. The van der Waals surface area contributed by atoms with Crippen LogP contribution in [0.4, 0.5) is 5.82 Å². The summed E-state index contributed by atoms with van der Waals surface area (Å²) in [7, 11) is 1.78. The van der Waals surface area contributed by atoms with Gasteiger partial charge in [0.05, 0.1) is 18.3 Å². The summed E-state index contributed by atoms with van der Waals surface area (Å²) in [5.74, 6) is 0.444. The highest BCUT2D eigenvalue weighted by Gasteiger charge is 2.47. The summed E-state index contributed by atoms with van der Waals surface area (Å²) in [5.41, 5.74) is 7.70. The van der Waals surface area contributed by atoms with Gasteiger partial charge in [-0.2, -0.15) is 0 Å². The molecule has 110 valence electrons. The summed E-state index contributed by atoms with van der Waals surface area (Å²) in [6.07, 6.45) is 7.63. The van der Waals surface area contributed by atoms with E-state index in [4.69, 9.17) is 26.8 Å². The van der Waals surface area contributed by atoms with Gasteiger partial charge in [-0.1, -0.05) is 11.6 Å². The summed E-state index contributed by atoms with van der Waals surface area (Å²) in [4.78, 5) is 0. The molecule has 0 radical (unpaired) electrons. The average Bonchev–Trinajstić information content (AvgIpc) is 3.13. The first-order valence-corrected chi connectivity index (χ1v) is 7.47. The maximum Gasteiger partial charge on any atom is 0.155 e. The number of fused-ring (bicyclic) bond motifs is 1. The molecule has 1 aromatic heterocycles. The van der Waals surface area contributed by atoms with Crippen molar-refractivity contribution in [2.45, 2.75) is 56.8 Å². The SMILES string of the molecule is COC1CCC1.Nc1nnc(Cl)c2c1COC1(CC1)C2. The van der Waals surface area contributed by atoms with Gasteiger partial charge in [0, 0.05) is 24.7 Å². The molecule has 5 nitrogen and oxygen atoms in total. The molecule has 6 heteroatoms. The molecule has 0 aromatic carbocycles. The smallest absolute Gasteiger partial charge is 0.155 e. The van der Waals surface area contributed by atoms with Gasteiger partial charge in [-0.05, 0) is 32.1 Å². The van der Waals surface area contributed by atoms with E-state index >= 15 is 0 Å². The Morgan fingerprint density at radius 2 is 2.05 bits per heavy atom. The topological polar surface area (TPSA) is 70.3 Å². The number of aromatic nitrogens is 2. The number of methoxy groups -OCH3 is 1. The van der Waals surface area contributed by atoms with Crippen molar-refractivity contribution < 1.29 is 9.47 Å². The first-order valence-electron chi connectivity index (χ1n) is 7.10. The summed E-state index contributed by atoms with van der Waals surface area (Å²) in [6, 6.07) is 0. The monoisotopic (exact) mass is 297 g/mol. The predicted octanol–water partition coefficient (Wildman–Crippen LogP) is 2.50. The van der Waals surface area contributed by atoms with Gasteiger partial charge in [0.15, 0.2) is 11.0 Å². The van der Waals surface area contributed by atoms with Gasteiger partial charge in [0.2, 0.25) is 0 Å². The molecule has 0 amide bonds. The Labute approximate surface area is 123 Å². The van der Waals surface area contributed by atoms with Gasteiger partial charge < -0.3 is 15.2 Å². The van der Waals surface area contributed by atoms with E-state index in [1.54, 1.807) is 7.11 Å². The normalized spacial score (nSPS) is 22.5.